The zero-order valence-electron chi connectivity index (χ0n) is 14.0. The molecule has 0 atom stereocenters. The molecule has 2 aromatic carbocycles. The predicted molar refractivity (Wildman–Crippen MR) is 98.9 cm³/mol. The van der Waals surface area contributed by atoms with Gasteiger partial charge in [0.05, 0.1) is 25.5 Å². The summed E-state index contributed by atoms with van der Waals surface area (Å²) in [5, 5.41) is 14.4. The van der Waals surface area contributed by atoms with E-state index in [0.717, 1.165) is 0 Å². The molecule has 1 amide bonds. The third-order valence-electron chi connectivity index (χ3n) is 3.16. The number of methoxy groups -OCH3 is 2. The molecule has 9 heteroatoms. The number of carbonyl (C=O) groups excluding carboxylic acids is 1. The number of nitrogens with zero attached hydrogens (tertiary/aromatic N) is 1. The van der Waals surface area contributed by atoms with Gasteiger partial charge in [-0.3, -0.25) is 4.79 Å². The Bertz CT molecular complexity index is 802. The number of benzene rings is 2. The van der Waals surface area contributed by atoms with Gasteiger partial charge < -0.3 is 19.3 Å². The number of hydrazone groups is 1. The lowest BCUT2D eigenvalue weighted by molar-refractivity contribution is -0.123. The minimum atomic E-state index is -0.482. The van der Waals surface area contributed by atoms with E-state index in [1.54, 1.807) is 12.1 Å². The van der Waals surface area contributed by atoms with Crippen LogP contribution >= 0.6 is 23.2 Å². The Morgan fingerprint density at radius 1 is 1.15 bits per heavy atom. The summed E-state index contributed by atoms with van der Waals surface area (Å²) < 4.78 is 15.4. The van der Waals surface area contributed by atoms with Crippen LogP contribution < -0.4 is 19.6 Å². The lowest BCUT2D eigenvalue weighted by Gasteiger charge is -2.09. The van der Waals surface area contributed by atoms with E-state index >= 15 is 0 Å². The van der Waals surface area contributed by atoms with Crippen LogP contribution in [0.5, 0.6) is 23.0 Å². The summed E-state index contributed by atoms with van der Waals surface area (Å²) in [5.41, 5.74) is 2.87. The third-order valence-corrected chi connectivity index (χ3v) is 3.69. The number of amides is 1. The number of hydrogen-bond donors (Lipinski definition) is 2. The smallest absolute Gasteiger partial charge is 0.277 e. The monoisotopic (exact) mass is 398 g/mol. The Morgan fingerprint density at radius 2 is 1.81 bits per heavy atom. The Hall–Kier alpha value is -2.64. The second-order valence-electron chi connectivity index (χ2n) is 4.93. The Kier molecular flexibility index (Phi) is 6.94. The molecule has 0 heterocycles. The molecule has 0 radical (unpaired) electrons. The van der Waals surface area contributed by atoms with Crippen LogP contribution in [0.4, 0.5) is 0 Å². The first-order valence-electron chi connectivity index (χ1n) is 7.29. The molecule has 0 spiro atoms. The standard InChI is InChI=1S/C17H16Cl2N2O5/c1-24-14-5-10(6-15(25-2)17(14)23)8-20-21-16(22)9-26-13-4-3-11(18)7-12(13)19/h3-8,23H,9H2,1-2H3,(H,21,22). The van der Waals surface area contributed by atoms with Crippen molar-refractivity contribution in [2.75, 3.05) is 20.8 Å². The maximum absolute atomic E-state index is 11.8. The van der Waals surface area contributed by atoms with Gasteiger partial charge in [-0.15, -0.1) is 0 Å². The molecule has 0 saturated carbocycles. The maximum Gasteiger partial charge on any atom is 0.277 e. The third kappa shape index (κ3) is 5.18. The first-order valence-corrected chi connectivity index (χ1v) is 8.05. The van der Waals surface area contributed by atoms with Gasteiger partial charge in [-0.25, -0.2) is 5.43 Å². The second-order valence-corrected chi connectivity index (χ2v) is 5.77. The summed E-state index contributed by atoms with van der Waals surface area (Å²) in [4.78, 5) is 11.8. The highest BCUT2D eigenvalue weighted by molar-refractivity contribution is 6.35. The number of phenols is 1. The summed E-state index contributed by atoms with van der Waals surface area (Å²) in [6, 6.07) is 7.76. The Labute approximate surface area is 160 Å². The van der Waals surface area contributed by atoms with E-state index < -0.39 is 5.91 Å². The fourth-order valence-corrected chi connectivity index (χ4v) is 2.40. The molecule has 7 nitrogen and oxygen atoms in total. The van der Waals surface area contributed by atoms with Gasteiger partial charge in [0.1, 0.15) is 5.75 Å². The number of halogens is 2. The Balaban J connectivity index is 1.94. The molecule has 26 heavy (non-hydrogen) atoms. The number of ether oxygens (including phenoxy) is 3. The molecule has 0 bridgehead atoms. The number of aromatic hydroxyl groups is 1. The molecule has 2 rings (SSSR count). The molecule has 2 aromatic rings. The van der Waals surface area contributed by atoms with E-state index in [0.29, 0.717) is 21.4 Å². The molecule has 0 aliphatic heterocycles. The van der Waals surface area contributed by atoms with Gasteiger partial charge in [0, 0.05) is 10.6 Å². The van der Waals surface area contributed by atoms with Crippen LogP contribution in [0.25, 0.3) is 0 Å². The minimum Gasteiger partial charge on any atom is -0.502 e. The SMILES string of the molecule is COc1cc(C=NNC(=O)COc2ccc(Cl)cc2Cl)cc(OC)c1O. The van der Waals surface area contributed by atoms with Gasteiger partial charge in [0.2, 0.25) is 5.75 Å². The summed E-state index contributed by atoms with van der Waals surface area (Å²) in [6.07, 6.45) is 1.37. The van der Waals surface area contributed by atoms with Gasteiger partial charge in [0.15, 0.2) is 18.1 Å². The van der Waals surface area contributed by atoms with Crippen LogP contribution in [0.1, 0.15) is 5.56 Å². The average molecular weight is 399 g/mol. The largest absolute Gasteiger partial charge is 0.502 e. The first kappa shape index (κ1) is 19.7. The second kappa shape index (κ2) is 9.17. The van der Waals surface area contributed by atoms with Crippen molar-refractivity contribution < 1.29 is 24.1 Å². The van der Waals surface area contributed by atoms with Crippen molar-refractivity contribution >= 4 is 35.3 Å². The van der Waals surface area contributed by atoms with E-state index in [-0.39, 0.29) is 23.9 Å². The highest BCUT2D eigenvalue weighted by Gasteiger charge is 2.10. The van der Waals surface area contributed by atoms with Crippen LogP contribution in [0.2, 0.25) is 10.0 Å². The van der Waals surface area contributed by atoms with E-state index in [4.69, 9.17) is 37.4 Å². The van der Waals surface area contributed by atoms with Crippen LogP contribution in [0, 0.1) is 0 Å². The predicted octanol–water partition coefficient (Wildman–Crippen LogP) is 3.25. The normalized spacial score (nSPS) is 10.6. The lowest BCUT2D eigenvalue weighted by Crippen LogP contribution is -2.24. The summed E-state index contributed by atoms with van der Waals surface area (Å²) >= 11 is 11.7. The molecule has 0 aromatic heterocycles. The Morgan fingerprint density at radius 3 is 2.38 bits per heavy atom. The van der Waals surface area contributed by atoms with Gasteiger partial charge in [-0.05, 0) is 30.3 Å². The molecule has 0 unspecified atom stereocenters. The van der Waals surface area contributed by atoms with E-state index in [2.05, 4.69) is 10.5 Å². The molecule has 2 N–H and O–H groups in total. The van der Waals surface area contributed by atoms with E-state index in [1.165, 1.54) is 38.6 Å². The maximum atomic E-state index is 11.8. The quantitative estimate of drug-likeness (QED) is 0.551. The molecule has 0 aliphatic rings. The fourth-order valence-electron chi connectivity index (χ4n) is 1.93. The zero-order valence-corrected chi connectivity index (χ0v) is 15.5. The number of phenolic OH excluding ortho intramolecular Hbond substituents is 1. The van der Waals surface area contributed by atoms with Gasteiger partial charge in [-0.1, -0.05) is 23.2 Å². The molecular formula is C17H16Cl2N2O5. The van der Waals surface area contributed by atoms with Crippen molar-refractivity contribution in [3.05, 3.63) is 45.9 Å². The summed E-state index contributed by atoms with van der Waals surface area (Å²) in [7, 11) is 2.83. The number of hydrogen-bond acceptors (Lipinski definition) is 6. The van der Waals surface area contributed by atoms with Crippen molar-refractivity contribution in [1.82, 2.24) is 5.43 Å². The molecule has 138 valence electrons. The fraction of sp³-hybridized carbons (Fsp3) is 0.176. The van der Waals surface area contributed by atoms with Gasteiger partial charge in [0.25, 0.3) is 5.91 Å². The summed E-state index contributed by atoms with van der Waals surface area (Å²) in [6.45, 7) is -0.277. The van der Waals surface area contributed by atoms with Crippen molar-refractivity contribution in [3.8, 4) is 23.0 Å². The van der Waals surface area contributed by atoms with Crippen LogP contribution in [-0.4, -0.2) is 38.1 Å². The highest BCUT2D eigenvalue weighted by Crippen LogP contribution is 2.36. The van der Waals surface area contributed by atoms with Gasteiger partial charge >= 0.3 is 0 Å². The number of rotatable bonds is 7. The zero-order chi connectivity index (χ0) is 19.1. The van der Waals surface area contributed by atoms with Crippen molar-refractivity contribution in [2.45, 2.75) is 0 Å². The van der Waals surface area contributed by atoms with Crippen molar-refractivity contribution in [3.63, 3.8) is 0 Å². The van der Waals surface area contributed by atoms with Crippen molar-refractivity contribution in [2.24, 2.45) is 5.10 Å². The average Bonchev–Trinajstić information content (AvgIpc) is 2.62. The minimum absolute atomic E-state index is 0.121. The molecule has 0 aliphatic carbocycles. The number of carbonyl (C=O) groups is 1. The highest BCUT2D eigenvalue weighted by atomic mass is 35.5. The first-order chi connectivity index (χ1) is 12.4. The van der Waals surface area contributed by atoms with Crippen LogP contribution in [0.3, 0.4) is 0 Å². The molecular weight excluding hydrogens is 383 g/mol. The molecule has 0 saturated heterocycles. The van der Waals surface area contributed by atoms with Gasteiger partial charge in [-0.2, -0.15) is 5.10 Å². The summed E-state index contributed by atoms with van der Waals surface area (Å²) in [5.74, 6) is 0.174. The van der Waals surface area contributed by atoms with E-state index in [1.807, 2.05) is 0 Å². The number of nitrogens with one attached hydrogen (secondary N) is 1. The van der Waals surface area contributed by atoms with Crippen molar-refractivity contribution in [1.29, 1.82) is 0 Å². The van der Waals surface area contributed by atoms with Crippen LogP contribution in [-0.2, 0) is 4.79 Å². The topological polar surface area (TPSA) is 89.4 Å². The lowest BCUT2D eigenvalue weighted by atomic mass is 10.2. The molecule has 0 fully saturated rings. The van der Waals surface area contributed by atoms with Crippen LogP contribution in [0.15, 0.2) is 35.4 Å². The van der Waals surface area contributed by atoms with E-state index in [9.17, 15) is 9.90 Å².